The van der Waals surface area contributed by atoms with Gasteiger partial charge < -0.3 is 10.7 Å². The van der Waals surface area contributed by atoms with Crippen molar-refractivity contribution in [3.8, 4) is 0 Å². The topological polar surface area (TPSA) is 54.7 Å². The van der Waals surface area contributed by atoms with Crippen molar-refractivity contribution < 1.29 is 0 Å². The van der Waals surface area contributed by atoms with E-state index in [2.05, 4.69) is 16.9 Å². The van der Waals surface area contributed by atoms with Crippen LogP contribution in [0.5, 0.6) is 0 Å². The first kappa shape index (κ1) is 7.80. The summed E-state index contributed by atoms with van der Waals surface area (Å²) in [6, 6.07) is 0. The van der Waals surface area contributed by atoms with Gasteiger partial charge >= 0.3 is 0 Å². The van der Waals surface area contributed by atoms with Gasteiger partial charge in [-0.2, -0.15) is 0 Å². The molecule has 1 fully saturated rings. The van der Waals surface area contributed by atoms with Crippen LogP contribution in [0.4, 0.5) is 0 Å². The Balaban J connectivity index is 2.32. The predicted octanol–water partition coefficient (Wildman–Crippen LogP) is 1.38. The van der Waals surface area contributed by atoms with Crippen LogP contribution >= 0.6 is 0 Å². The number of nitrogens with one attached hydrogen (secondary N) is 1. The Morgan fingerprint density at radius 3 is 3.08 bits per heavy atom. The highest BCUT2D eigenvalue weighted by Gasteiger charge is 2.39. The maximum absolute atomic E-state index is 6.27. The molecular weight excluding hydrogens is 150 g/mol. The van der Waals surface area contributed by atoms with Crippen LogP contribution in [0.1, 0.15) is 32.0 Å². The zero-order chi connectivity index (χ0) is 8.60. The third-order valence-corrected chi connectivity index (χ3v) is 3.05. The molecule has 1 saturated carbocycles. The molecule has 0 amide bonds. The highest BCUT2D eigenvalue weighted by atomic mass is 15.0. The molecule has 1 aromatic rings. The number of H-pyrrole nitrogens is 1. The van der Waals surface area contributed by atoms with Gasteiger partial charge in [-0.1, -0.05) is 13.3 Å². The monoisotopic (exact) mass is 165 g/mol. The number of rotatable bonds is 1. The predicted molar refractivity (Wildman–Crippen MR) is 47.5 cm³/mol. The van der Waals surface area contributed by atoms with E-state index in [0.717, 1.165) is 12.2 Å². The van der Waals surface area contributed by atoms with Gasteiger partial charge in [-0.3, -0.25) is 0 Å². The Bertz CT molecular complexity index is 255. The fourth-order valence-corrected chi connectivity index (χ4v) is 2.08. The SMILES string of the molecule is C[C@@H]1CCC[C@@]1(N)c1ncc[nH]1. The first-order chi connectivity index (χ1) is 5.73. The zero-order valence-corrected chi connectivity index (χ0v) is 7.38. The number of imidazole rings is 1. The molecule has 1 aromatic heterocycles. The first-order valence-corrected chi connectivity index (χ1v) is 4.52. The molecule has 3 nitrogen and oxygen atoms in total. The Hall–Kier alpha value is -0.830. The van der Waals surface area contributed by atoms with Crippen molar-refractivity contribution in [3.63, 3.8) is 0 Å². The van der Waals surface area contributed by atoms with Crippen LogP contribution in [0.15, 0.2) is 12.4 Å². The van der Waals surface area contributed by atoms with Crippen molar-refractivity contribution in [1.82, 2.24) is 9.97 Å². The Kier molecular flexibility index (Phi) is 1.68. The van der Waals surface area contributed by atoms with Crippen LogP contribution in [0, 0.1) is 5.92 Å². The molecule has 2 atom stereocenters. The number of nitrogens with two attached hydrogens (primary N) is 1. The molecule has 0 unspecified atom stereocenters. The van der Waals surface area contributed by atoms with Crippen molar-refractivity contribution >= 4 is 0 Å². The molecule has 2 rings (SSSR count). The smallest absolute Gasteiger partial charge is 0.126 e. The minimum atomic E-state index is -0.191. The third kappa shape index (κ3) is 0.966. The molecule has 1 heterocycles. The second kappa shape index (κ2) is 2.59. The van der Waals surface area contributed by atoms with Crippen molar-refractivity contribution in [3.05, 3.63) is 18.2 Å². The maximum atomic E-state index is 6.27. The number of aromatic nitrogens is 2. The standard InChI is InChI=1S/C9H15N3/c1-7-3-2-4-9(7,10)8-11-5-6-12-8/h5-7H,2-4,10H2,1H3,(H,11,12)/t7-,9+/m1/s1. The van der Waals surface area contributed by atoms with E-state index in [1.165, 1.54) is 12.8 Å². The highest BCUT2D eigenvalue weighted by molar-refractivity contribution is 5.09. The third-order valence-electron chi connectivity index (χ3n) is 3.05. The lowest BCUT2D eigenvalue weighted by molar-refractivity contribution is 0.331. The van der Waals surface area contributed by atoms with E-state index in [1.807, 2.05) is 6.20 Å². The first-order valence-electron chi connectivity index (χ1n) is 4.52. The summed E-state index contributed by atoms with van der Waals surface area (Å²) in [7, 11) is 0. The second-order valence-corrected chi connectivity index (χ2v) is 3.77. The maximum Gasteiger partial charge on any atom is 0.126 e. The molecule has 0 aliphatic heterocycles. The Morgan fingerprint density at radius 1 is 1.75 bits per heavy atom. The molecule has 1 aliphatic rings. The van der Waals surface area contributed by atoms with Crippen LogP contribution in [0.3, 0.4) is 0 Å². The summed E-state index contributed by atoms with van der Waals surface area (Å²) in [6.45, 7) is 2.20. The number of hydrogen-bond donors (Lipinski definition) is 2. The molecular formula is C9H15N3. The minimum absolute atomic E-state index is 0.191. The lowest BCUT2D eigenvalue weighted by Gasteiger charge is -2.26. The van der Waals surface area contributed by atoms with E-state index in [9.17, 15) is 0 Å². The van der Waals surface area contributed by atoms with Gasteiger partial charge in [0.25, 0.3) is 0 Å². The van der Waals surface area contributed by atoms with Gasteiger partial charge in [-0.15, -0.1) is 0 Å². The summed E-state index contributed by atoms with van der Waals surface area (Å²) in [4.78, 5) is 7.35. The van der Waals surface area contributed by atoms with Gasteiger partial charge in [0.2, 0.25) is 0 Å². The lowest BCUT2D eigenvalue weighted by Crippen LogP contribution is -2.40. The molecule has 0 saturated heterocycles. The van der Waals surface area contributed by atoms with Crippen LogP contribution in [-0.2, 0) is 5.54 Å². The van der Waals surface area contributed by atoms with Gasteiger partial charge in [0.1, 0.15) is 5.82 Å². The van der Waals surface area contributed by atoms with E-state index in [1.54, 1.807) is 6.20 Å². The van der Waals surface area contributed by atoms with Crippen molar-refractivity contribution in [2.24, 2.45) is 11.7 Å². The lowest BCUT2D eigenvalue weighted by atomic mass is 9.89. The summed E-state index contributed by atoms with van der Waals surface area (Å²) in [6.07, 6.45) is 7.11. The molecule has 0 aromatic carbocycles. The fourth-order valence-electron chi connectivity index (χ4n) is 2.08. The van der Waals surface area contributed by atoms with E-state index < -0.39 is 0 Å². The van der Waals surface area contributed by atoms with Crippen molar-refractivity contribution in [2.45, 2.75) is 31.7 Å². The largest absolute Gasteiger partial charge is 0.347 e. The molecule has 3 heteroatoms. The average Bonchev–Trinajstić information content (AvgIpc) is 2.62. The van der Waals surface area contributed by atoms with Gasteiger partial charge in [0.05, 0.1) is 5.54 Å². The van der Waals surface area contributed by atoms with Gasteiger partial charge in [0, 0.05) is 12.4 Å². The van der Waals surface area contributed by atoms with Crippen LogP contribution in [0.2, 0.25) is 0 Å². The van der Waals surface area contributed by atoms with E-state index >= 15 is 0 Å². The van der Waals surface area contributed by atoms with E-state index in [4.69, 9.17) is 5.73 Å². The average molecular weight is 165 g/mol. The summed E-state index contributed by atoms with van der Waals surface area (Å²) in [5.74, 6) is 1.50. The molecule has 3 N–H and O–H groups in total. The summed E-state index contributed by atoms with van der Waals surface area (Å²) < 4.78 is 0. The van der Waals surface area contributed by atoms with Crippen molar-refractivity contribution in [1.29, 1.82) is 0 Å². The Morgan fingerprint density at radius 2 is 2.58 bits per heavy atom. The zero-order valence-electron chi connectivity index (χ0n) is 7.38. The fraction of sp³-hybridized carbons (Fsp3) is 0.667. The quantitative estimate of drug-likeness (QED) is 0.660. The van der Waals surface area contributed by atoms with Gasteiger partial charge in [-0.05, 0) is 18.8 Å². The number of nitrogens with zero attached hydrogens (tertiary/aromatic N) is 1. The summed E-state index contributed by atoms with van der Waals surface area (Å²) in [5.41, 5.74) is 6.08. The van der Waals surface area contributed by atoms with Crippen LogP contribution < -0.4 is 5.73 Å². The molecule has 1 aliphatic carbocycles. The Labute approximate surface area is 72.4 Å². The molecule has 0 spiro atoms. The van der Waals surface area contributed by atoms with Gasteiger partial charge in [-0.25, -0.2) is 4.98 Å². The second-order valence-electron chi connectivity index (χ2n) is 3.77. The van der Waals surface area contributed by atoms with E-state index in [0.29, 0.717) is 5.92 Å². The normalized spacial score (nSPS) is 35.7. The molecule has 0 radical (unpaired) electrons. The highest BCUT2D eigenvalue weighted by Crippen LogP contribution is 2.39. The molecule has 0 bridgehead atoms. The van der Waals surface area contributed by atoms with E-state index in [-0.39, 0.29) is 5.54 Å². The minimum Gasteiger partial charge on any atom is -0.347 e. The summed E-state index contributed by atoms with van der Waals surface area (Å²) in [5, 5.41) is 0. The summed E-state index contributed by atoms with van der Waals surface area (Å²) >= 11 is 0. The molecule has 12 heavy (non-hydrogen) atoms. The van der Waals surface area contributed by atoms with Crippen LogP contribution in [0.25, 0.3) is 0 Å². The van der Waals surface area contributed by atoms with Crippen LogP contribution in [-0.4, -0.2) is 9.97 Å². The van der Waals surface area contributed by atoms with Crippen molar-refractivity contribution in [2.75, 3.05) is 0 Å². The number of aromatic amines is 1. The molecule has 66 valence electrons. The van der Waals surface area contributed by atoms with Gasteiger partial charge in [0.15, 0.2) is 0 Å². The number of hydrogen-bond acceptors (Lipinski definition) is 2.